The lowest BCUT2D eigenvalue weighted by molar-refractivity contribution is -0.385. The largest absolute Gasteiger partial charge is 0.480 e. The second kappa shape index (κ2) is 7.51. The van der Waals surface area contributed by atoms with Crippen LogP contribution in [0.15, 0.2) is 17.0 Å². The molecule has 0 fully saturated rings. The van der Waals surface area contributed by atoms with E-state index in [1.807, 2.05) is 6.92 Å². The molecule has 1 unspecified atom stereocenters. The van der Waals surface area contributed by atoms with Gasteiger partial charge in [-0.3, -0.25) is 14.9 Å². The molecule has 0 bridgehead atoms. The predicted molar refractivity (Wildman–Crippen MR) is 83.8 cm³/mol. The number of carboxylic acid groups (broad SMARTS) is 1. The number of nitrogens with one attached hydrogen (secondary N) is 1. The van der Waals surface area contributed by atoms with Crippen LogP contribution in [0.4, 0.5) is 5.69 Å². The Kier molecular flexibility index (Phi) is 6.22. The summed E-state index contributed by atoms with van der Waals surface area (Å²) in [6.07, 6.45) is 1.48. The van der Waals surface area contributed by atoms with Crippen LogP contribution >= 0.6 is 0 Å². The first-order valence-electron chi connectivity index (χ1n) is 7.11. The number of nitro groups is 1. The minimum Gasteiger partial charge on any atom is -0.480 e. The van der Waals surface area contributed by atoms with Gasteiger partial charge in [0.2, 0.25) is 10.0 Å². The Balaban J connectivity index is 3.20. The number of carbonyl (C=O) groups is 1. The Hall–Kier alpha value is -2.00. The molecule has 0 saturated heterocycles. The monoisotopic (exact) mass is 344 g/mol. The highest BCUT2D eigenvalue weighted by Gasteiger charge is 2.27. The summed E-state index contributed by atoms with van der Waals surface area (Å²) in [4.78, 5) is 21.3. The normalized spacial score (nSPS) is 12.8. The van der Waals surface area contributed by atoms with Crippen LogP contribution in [-0.2, 0) is 14.8 Å². The van der Waals surface area contributed by atoms with E-state index in [-0.39, 0.29) is 28.1 Å². The summed E-state index contributed by atoms with van der Waals surface area (Å²) in [6.45, 7) is 4.74. The predicted octanol–water partition coefficient (Wildman–Crippen LogP) is 2.13. The second-order valence-corrected chi connectivity index (χ2v) is 7.00. The molecule has 0 aliphatic rings. The van der Waals surface area contributed by atoms with Crippen molar-refractivity contribution in [2.75, 3.05) is 0 Å². The third-order valence-corrected chi connectivity index (χ3v) is 5.04. The Morgan fingerprint density at radius 1 is 1.35 bits per heavy atom. The molecule has 1 atom stereocenters. The molecule has 0 amide bonds. The molecule has 0 radical (unpaired) electrons. The molecule has 0 spiro atoms. The smallest absolute Gasteiger partial charge is 0.321 e. The van der Waals surface area contributed by atoms with Crippen molar-refractivity contribution in [1.29, 1.82) is 0 Å². The maximum atomic E-state index is 12.4. The van der Waals surface area contributed by atoms with Gasteiger partial charge in [-0.2, -0.15) is 4.72 Å². The number of hydrogen-bond donors (Lipinski definition) is 2. The molecule has 2 N–H and O–H groups in total. The van der Waals surface area contributed by atoms with Crippen LogP contribution in [0.25, 0.3) is 0 Å². The van der Waals surface area contributed by atoms with Crippen molar-refractivity contribution >= 4 is 21.7 Å². The first kappa shape index (κ1) is 19.0. The summed E-state index contributed by atoms with van der Waals surface area (Å²) in [5, 5.41) is 20.0. The van der Waals surface area contributed by atoms with Crippen molar-refractivity contribution in [3.05, 3.63) is 33.4 Å². The minimum absolute atomic E-state index is 0.150. The van der Waals surface area contributed by atoms with Gasteiger partial charge in [0.05, 0.1) is 9.82 Å². The van der Waals surface area contributed by atoms with E-state index in [9.17, 15) is 23.3 Å². The van der Waals surface area contributed by atoms with Crippen LogP contribution in [0.5, 0.6) is 0 Å². The molecule has 1 aromatic carbocycles. The Morgan fingerprint density at radius 3 is 2.43 bits per heavy atom. The van der Waals surface area contributed by atoms with Gasteiger partial charge in [-0.05, 0) is 31.9 Å². The number of carboxylic acids is 1. The molecule has 0 aromatic heterocycles. The van der Waals surface area contributed by atoms with Crippen molar-refractivity contribution in [1.82, 2.24) is 4.72 Å². The molecule has 0 saturated carbocycles. The number of aliphatic carboxylic acids is 1. The zero-order chi connectivity index (χ0) is 17.8. The van der Waals surface area contributed by atoms with E-state index in [4.69, 9.17) is 5.11 Å². The van der Waals surface area contributed by atoms with Gasteiger partial charge in [-0.15, -0.1) is 0 Å². The van der Waals surface area contributed by atoms with Gasteiger partial charge in [0.1, 0.15) is 6.04 Å². The van der Waals surface area contributed by atoms with Gasteiger partial charge in [0, 0.05) is 11.6 Å². The Morgan fingerprint density at radius 2 is 1.96 bits per heavy atom. The van der Waals surface area contributed by atoms with Crippen molar-refractivity contribution < 1.29 is 23.2 Å². The summed E-state index contributed by atoms with van der Waals surface area (Å²) in [7, 11) is -4.08. The van der Waals surface area contributed by atoms with Crippen LogP contribution in [0.3, 0.4) is 0 Å². The summed E-state index contributed by atoms with van der Waals surface area (Å²) in [5.74, 6) is -1.25. The number of nitrogens with zero attached hydrogens (tertiary/aromatic N) is 1. The highest BCUT2D eigenvalue weighted by atomic mass is 32.2. The molecule has 1 rings (SSSR count). The fourth-order valence-electron chi connectivity index (χ4n) is 2.15. The summed E-state index contributed by atoms with van der Waals surface area (Å²) >= 11 is 0. The lowest BCUT2D eigenvalue weighted by Crippen LogP contribution is -2.40. The maximum absolute atomic E-state index is 12.4. The van der Waals surface area contributed by atoms with E-state index >= 15 is 0 Å². The van der Waals surface area contributed by atoms with Crippen LogP contribution in [0.1, 0.15) is 37.3 Å². The van der Waals surface area contributed by atoms with E-state index in [0.29, 0.717) is 6.42 Å². The molecule has 0 aliphatic heterocycles. The van der Waals surface area contributed by atoms with Crippen molar-refractivity contribution in [2.24, 2.45) is 0 Å². The average Bonchev–Trinajstić information content (AvgIpc) is 2.44. The molecule has 128 valence electrons. The summed E-state index contributed by atoms with van der Waals surface area (Å²) in [5.41, 5.74) is 0.207. The van der Waals surface area contributed by atoms with Crippen molar-refractivity contribution in [3.8, 4) is 0 Å². The standard InChI is InChI=1S/C14H20N2O6S/c1-4-5-6-11(14(17)18)15-23(21,22)13-8-9(2)12(16(19)20)7-10(13)3/h7-8,11,15H,4-6H2,1-3H3,(H,17,18). The number of sulfonamides is 1. The maximum Gasteiger partial charge on any atom is 0.321 e. The first-order valence-corrected chi connectivity index (χ1v) is 8.59. The van der Waals surface area contributed by atoms with Crippen molar-refractivity contribution in [3.63, 3.8) is 0 Å². The zero-order valence-corrected chi connectivity index (χ0v) is 14.0. The lowest BCUT2D eigenvalue weighted by atomic mass is 10.1. The fraction of sp³-hybridized carbons (Fsp3) is 0.500. The topological polar surface area (TPSA) is 127 Å². The second-order valence-electron chi connectivity index (χ2n) is 5.32. The molecule has 23 heavy (non-hydrogen) atoms. The SMILES string of the molecule is CCCCC(NS(=O)(=O)c1cc(C)c([N+](=O)[O-])cc1C)C(=O)O. The van der Waals surface area contributed by atoms with Gasteiger partial charge in [-0.1, -0.05) is 19.8 Å². The summed E-state index contributed by atoms with van der Waals surface area (Å²) < 4.78 is 27.0. The molecular weight excluding hydrogens is 324 g/mol. The Bertz CT molecular complexity index is 714. The quantitative estimate of drug-likeness (QED) is 0.549. The van der Waals surface area contributed by atoms with Crippen LogP contribution in [0.2, 0.25) is 0 Å². The van der Waals surface area contributed by atoms with E-state index in [1.54, 1.807) is 0 Å². The zero-order valence-electron chi connectivity index (χ0n) is 13.2. The van der Waals surface area contributed by atoms with E-state index in [0.717, 1.165) is 6.42 Å². The lowest BCUT2D eigenvalue weighted by Gasteiger charge is -2.16. The first-order chi connectivity index (χ1) is 10.6. The fourth-order valence-corrected chi connectivity index (χ4v) is 3.69. The Labute approximate surface area is 134 Å². The number of rotatable bonds is 8. The van der Waals surface area contributed by atoms with Crippen LogP contribution < -0.4 is 4.72 Å². The number of unbranched alkanes of at least 4 members (excludes halogenated alkanes) is 1. The highest BCUT2D eigenvalue weighted by molar-refractivity contribution is 7.89. The number of benzene rings is 1. The minimum atomic E-state index is -4.08. The number of hydrogen-bond acceptors (Lipinski definition) is 5. The average molecular weight is 344 g/mol. The molecule has 0 aliphatic carbocycles. The highest BCUT2D eigenvalue weighted by Crippen LogP contribution is 2.25. The molecular formula is C14H20N2O6S. The molecule has 8 nitrogen and oxygen atoms in total. The molecule has 9 heteroatoms. The number of aryl methyl sites for hydroxylation is 2. The van der Waals surface area contributed by atoms with Crippen LogP contribution in [0, 0.1) is 24.0 Å². The van der Waals surface area contributed by atoms with Gasteiger partial charge in [-0.25, -0.2) is 8.42 Å². The van der Waals surface area contributed by atoms with E-state index < -0.39 is 27.0 Å². The molecule has 1 aromatic rings. The van der Waals surface area contributed by atoms with E-state index in [1.165, 1.54) is 26.0 Å². The number of nitro benzene ring substituents is 1. The van der Waals surface area contributed by atoms with Gasteiger partial charge < -0.3 is 5.11 Å². The summed E-state index contributed by atoms with van der Waals surface area (Å²) in [6, 6.07) is 1.13. The van der Waals surface area contributed by atoms with Crippen molar-refractivity contribution in [2.45, 2.75) is 51.0 Å². The van der Waals surface area contributed by atoms with Gasteiger partial charge in [0.25, 0.3) is 5.69 Å². The third-order valence-electron chi connectivity index (χ3n) is 3.42. The molecule has 0 heterocycles. The third kappa shape index (κ3) is 4.73. The van der Waals surface area contributed by atoms with Gasteiger partial charge in [0.15, 0.2) is 0 Å². The van der Waals surface area contributed by atoms with Gasteiger partial charge >= 0.3 is 5.97 Å². The van der Waals surface area contributed by atoms with Crippen LogP contribution in [-0.4, -0.2) is 30.5 Å². The van der Waals surface area contributed by atoms with E-state index in [2.05, 4.69) is 4.72 Å².